The Morgan fingerprint density at radius 2 is 2.10 bits per heavy atom. The Hall–Kier alpha value is -2.53. The summed E-state index contributed by atoms with van der Waals surface area (Å²) in [4.78, 5) is 12.0. The van der Waals surface area contributed by atoms with Gasteiger partial charge in [-0.25, -0.2) is 0 Å². The van der Waals surface area contributed by atoms with Crippen LogP contribution in [0.15, 0.2) is 47.0 Å². The topological polar surface area (TPSA) is 75.4 Å². The maximum Gasteiger partial charge on any atom is 0.230 e. The predicted molar refractivity (Wildman–Crippen MR) is 79.5 cm³/mol. The van der Waals surface area contributed by atoms with Crippen LogP contribution >= 0.6 is 11.6 Å². The summed E-state index contributed by atoms with van der Waals surface area (Å²) in [6, 6.07) is 11.9. The van der Waals surface area contributed by atoms with Gasteiger partial charge in [0.05, 0.1) is 11.4 Å². The van der Waals surface area contributed by atoms with E-state index in [2.05, 4.69) is 10.5 Å². The molecule has 0 saturated heterocycles. The first-order chi connectivity index (χ1) is 10.1. The maximum atomic E-state index is 12.0. The molecule has 1 amide bonds. The Morgan fingerprint density at radius 3 is 2.90 bits per heavy atom. The number of amides is 1. The number of fused-ring (bicyclic) bond motifs is 1. The van der Waals surface area contributed by atoms with Gasteiger partial charge in [-0.15, -0.1) is 0 Å². The summed E-state index contributed by atoms with van der Waals surface area (Å²) in [7, 11) is 0. The van der Waals surface area contributed by atoms with E-state index in [1.807, 2.05) is 18.2 Å². The van der Waals surface area contributed by atoms with Gasteiger partial charge in [-0.2, -0.15) is 0 Å². The second kappa shape index (κ2) is 5.46. The summed E-state index contributed by atoms with van der Waals surface area (Å²) in [6.45, 7) is 0. The van der Waals surface area contributed by atoms with Gasteiger partial charge in [0.15, 0.2) is 5.58 Å². The molecule has 0 aliphatic carbocycles. The van der Waals surface area contributed by atoms with Crippen LogP contribution in [-0.2, 0) is 11.2 Å². The molecule has 0 unspecified atom stereocenters. The third kappa shape index (κ3) is 2.83. The van der Waals surface area contributed by atoms with E-state index in [4.69, 9.17) is 16.1 Å². The van der Waals surface area contributed by atoms with Crippen LogP contribution in [0, 0.1) is 0 Å². The molecule has 0 fully saturated rings. The highest BCUT2D eigenvalue weighted by Crippen LogP contribution is 2.26. The first-order valence-electron chi connectivity index (χ1n) is 6.25. The number of anilines is 1. The van der Waals surface area contributed by atoms with E-state index in [9.17, 15) is 9.90 Å². The number of halogens is 1. The van der Waals surface area contributed by atoms with Gasteiger partial charge in [-0.05, 0) is 24.3 Å². The highest BCUT2D eigenvalue weighted by Gasteiger charge is 2.12. The standard InChI is InChI=1S/C15H11ClN2O3/c16-11-6-5-9(7-13(11)19)17-15(20)8-12-10-3-1-2-4-14(10)21-18-12/h1-7,19H,8H2,(H,17,20). The first kappa shape index (κ1) is 13.5. The van der Waals surface area contributed by atoms with Crippen LogP contribution in [0.3, 0.4) is 0 Å². The lowest BCUT2D eigenvalue weighted by Gasteiger charge is -2.05. The molecule has 3 rings (SSSR count). The van der Waals surface area contributed by atoms with Crippen molar-refractivity contribution in [1.82, 2.24) is 5.16 Å². The van der Waals surface area contributed by atoms with E-state index >= 15 is 0 Å². The molecular weight excluding hydrogens is 292 g/mol. The van der Waals surface area contributed by atoms with Gasteiger partial charge in [0.25, 0.3) is 0 Å². The molecule has 0 radical (unpaired) electrons. The summed E-state index contributed by atoms with van der Waals surface area (Å²) in [6.07, 6.45) is 0.0837. The van der Waals surface area contributed by atoms with E-state index in [0.29, 0.717) is 17.0 Å². The molecule has 5 nitrogen and oxygen atoms in total. The van der Waals surface area contributed by atoms with E-state index < -0.39 is 0 Å². The average Bonchev–Trinajstić information content (AvgIpc) is 2.86. The van der Waals surface area contributed by atoms with Gasteiger partial charge < -0.3 is 14.9 Å². The van der Waals surface area contributed by atoms with Crippen molar-refractivity contribution in [3.63, 3.8) is 0 Å². The number of hydrogen-bond donors (Lipinski definition) is 2. The number of carbonyl (C=O) groups excluding carboxylic acids is 1. The molecule has 1 heterocycles. The van der Waals surface area contributed by atoms with Crippen LogP contribution in [0.1, 0.15) is 5.69 Å². The normalized spacial score (nSPS) is 10.7. The molecule has 2 N–H and O–H groups in total. The minimum atomic E-state index is -0.254. The summed E-state index contributed by atoms with van der Waals surface area (Å²) in [5.41, 5.74) is 1.68. The smallest absolute Gasteiger partial charge is 0.230 e. The molecule has 106 valence electrons. The zero-order chi connectivity index (χ0) is 14.8. The van der Waals surface area contributed by atoms with Crippen LogP contribution in [-0.4, -0.2) is 16.2 Å². The van der Waals surface area contributed by atoms with E-state index in [-0.39, 0.29) is 23.1 Å². The minimum absolute atomic E-state index is 0.0821. The number of aromatic hydroxyl groups is 1. The Balaban J connectivity index is 1.75. The fourth-order valence-corrected chi connectivity index (χ4v) is 2.13. The van der Waals surface area contributed by atoms with Crippen molar-refractivity contribution in [2.75, 3.05) is 5.32 Å². The van der Waals surface area contributed by atoms with Crippen LogP contribution in [0.5, 0.6) is 5.75 Å². The molecule has 0 saturated carbocycles. The van der Waals surface area contributed by atoms with Crippen LogP contribution in [0.4, 0.5) is 5.69 Å². The summed E-state index contributed by atoms with van der Waals surface area (Å²) in [5, 5.41) is 17.1. The Labute approximate surface area is 125 Å². The van der Waals surface area contributed by atoms with Crippen molar-refractivity contribution < 1.29 is 14.4 Å². The number of phenolic OH excluding ortho intramolecular Hbond substituents is 1. The van der Waals surface area contributed by atoms with Crippen molar-refractivity contribution in [2.24, 2.45) is 0 Å². The third-order valence-electron chi connectivity index (χ3n) is 3.01. The first-order valence-corrected chi connectivity index (χ1v) is 6.63. The molecule has 0 bridgehead atoms. The second-order valence-corrected chi connectivity index (χ2v) is 4.92. The zero-order valence-electron chi connectivity index (χ0n) is 10.8. The minimum Gasteiger partial charge on any atom is -0.506 e. The predicted octanol–water partition coefficient (Wildman–Crippen LogP) is 3.37. The van der Waals surface area contributed by atoms with Crippen molar-refractivity contribution in [3.05, 3.63) is 53.2 Å². The fraction of sp³-hybridized carbons (Fsp3) is 0.0667. The highest BCUT2D eigenvalue weighted by molar-refractivity contribution is 6.32. The quantitative estimate of drug-likeness (QED) is 0.778. The van der Waals surface area contributed by atoms with Gasteiger partial charge in [0.2, 0.25) is 5.91 Å². The van der Waals surface area contributed by atoms with Crippen LogP contribution in [0.25, 0.3) is 11.0 Å². The number of rotatable bonds is 3. The number of aromatic nitrogens is 1. The Kier molecular flexibility index (Phi) is 3.50. The number of phenols is 1. The number of hydrogen-bond acceptors (Lipinski definition) is 4. The number of carbonyl (C=O) groups is 1. The number of nitrogens with one attached hydrogen (secondary N) is 1. The van der Waals surface area contributed by atoms with E-state index in [1.54, 1.807) is 12.1 Å². The number of benzene rings is 2. The molecule has 0 aliphatic rings. The Bertz CT molecular complexity index is 814. The molecular formula is C15H11ClN2O3. The third-order valence-corrected chi connectivity index (χ3v) is 3.33. The summed E-state index contributed by atoms with van der Waals surface area (Å²) in [5.74, 6) is -0.336. The van der Waals surface area contributed by atoms with Gasteiger partial charge in [-0.1, -0.05) is 28.9 Å². The van der Waals surface area contributed by atoms with Gasteiger partial charge in [-0.3, -0.25) is 4.79 Å². The molecule has 21 heavy (non-hydrogen) atoms. The lowest BCUT2D eigenvalue weighted by molar-refractivity contribution is -0.115. The molecule has 6 heteroatoms. The monoisotopic (exact) mass is 302 g/mol. The number of para-hydroxylation sites is 1. The van der Waals surface area contributed by atoms with E-state index in [0.717, 1.165) is 5.39 Å². The molecule has 0 atom stereocenters. The SMILES string of the molecule is O=C(Cc1noc2ccccc12)Nc1ccc(Cl)c(O)c1. The molecule has 0 spiro atoms. The van der Waals surface area contributed by atoms with Gasteiger partial charge in [0.1, 0.15) is 11.4 Å². The number of nitrogens with zero attached hydrogens (tertiary/aromatic N) is 1. The molecule has 0 aliphatic heterocycles. The van der Waals surface area contributed by atoms with Gasteiger partial charge in [0, 0.05) is 17.1 Å². The molecule has 2 aromatic carbocycles. The van der Waals surface area contributed by atoms with Crippen molar-refractivity contribution in [3.8, 4) is 5.75 Å². The summed E-state index contributed by atoms with van der Waals surface area (Å²) >= 11 is 5.71. The zero-order valence-corrected chi connectivity index (χ0v) is 11.6. The van der Waals surface area contributed by atoms with Crippen molar-refractivity contribution >= 4 is 34.2 Å². The largest absolute Gasteiger partial charge is 0.506 e. The maximum absolute atomic E-state index is 12.0. The van der Waals surface area contributed by atoms with Crippen LogP contribution in [0.2, 0.25) is 5.02 Å². The highest BCUT2D eigenvalue weighted by atomic mass is 35.5. The molecule has 1 aromatic heterocycles. The van der Waals surface area contributed by atoms with Gasteiger partial charge >= 0.3 is 0 Å². The van der Waals surface area contributed by atoms with Crippen molar-refractivity contribution in [2.45, 2.75) is 6.42 Å². The lowest BCUT2D eigenvalue weighted by Crippen LogP contribution is -2.14. The second-order valence-electron chi connectivity index (χ2n) is 4.52. The molecule has 3 aromatic rings. The van der Waals surface area contributed by atoms with Crippen molar-refractivity contribution in [1.29, 1.82) is 0 Å². The van der Waals surface area contributed by atoms with Crippen LogP contribution < -0.4 is 5.32 Å². The fourth-order valence-electron chi connectivity index (χ4n) is 2.01. The van der Waals surface area contributed by atoms with E-state index in [1.165, 1.54) is 12.1 Å². The lowest BCUT2D eigenvalue weighted by atomic mass is 10.1. The Morgan fingerprint density at radius 1 is 1.29 bits per heavy atom. The average molecular weight is 303 g/mol. The summed E-state index contributed by atoms with van der Waals surface area (Å²) < 4.78 is 5.15.